The number of hydrogen-bond acceptors (Lipinski definition) is 4. The van der Waals surface area contributed by atoms with E-state index in [1.807, 2.05) is 0 Å². The molecule has 0 rings (SSSR count). The third kappa shape index (κ3) is 2.92. The van der Waals surface area contributed by atoms with E-state index in [0.29, 0.717) is 12.8 Å². The third-order valence-corrected chi connectivity index (χ3v) is 0.675. The van der Waals surface area contributed by atoms with Crippen LogP contribution in [-0.4, -0.2) is 16.8 Å². The Labute approximate surface area is 47.5 Å². The van der Waals surface area contributed by atoms with Gasteiger partial charge >= 0.3 is 0 Å². The first-order valence-corrected chi connectivity index (χ1v) is 2.24. The van der Waals surface area contributed by atoms with E-state index in [9.17, 15) is 0 Å². The van der Waals surface area contributed by atoms with Crippen LogP contribution in [0.25, 0.3) is 0 Å². The van der Waals surface area contributed by atoms with Crippen molar-refractivity contribution in [3.63, 3.8) is 0 Å². The smallest absolute Gasteiger partial charge is 0.223 e. The maximum absolute atomic E-state index is 7.84. The van der Waals surface area contributed by atoms with Gasteiger partial charge in [-0.2, -0.15) is 0 Å². The molecule has 0 aliphatic rings. The summed E-state index contributed by atoms with van der Waals surface area (Å²) in [6, 6.07) is 0. The first-order valence-electron chi connectivity index (χ1n) is 2.24. The normalized spacial score (nSPS) is 10.5. The van der Waals surface area contributed by atoms with Crippen molar-refractivity contribution in [2.75, 3.05) is 0 Å². The topological polar surface area (TPSA) is 58.9 Å². The fourth-order valence-electron chi connectivity index (χ4n) is 0.291. The Morgan fingerprint density at radius 1 is 1.38 bits per heavy atom. The third-order valence-electron chi connectivity index (χ3n) is 0.675. The first-order chi connectivity index (χ1) is 3.85. The molecule has 0 saturated heterocycles. The molecule has 0 atom stereocenters. The van der Waals surface area contributed by atoms with Crippen LogP contribution < -0.4 is 0 Å². The van der Waals surface area contributed by atoms with Crippen molar-refractivity contribution in [3.8, 4) is 0 Å². The molecule has 0 aromatic carbocycles. The van der Waals surface area contributed by atoms with Crippen molar-refractivity contribution in [1.82, 2.24) is 0 Å². The largest absolute Gasteiger partial charge is 0.249 e. The van der Waals surface area contributed by atoms with Gasteiger partial charge in [0.25, 0.3) is 0 Å². The Bertz CT molecular complexity index is 43.3. The Balaban J connectivity index is 3.07. The van der Waals surface area contributed by atoms with Crippen LogP contribution in [0.3, 0.4) is 0 Å². The predicted octanol–water partition coefficient (Wildman–Crippen LogP) is 0.906. The summed E-state index contributed by atoms with van der Waals surface area (Å²) in [5.74, 6) is 0. The molecule has 4 nitrogen and oxygen atoms in total. The fraction of sp³-hybridized carbons (Fsp3) is 0.750. The van der Waals surface area contributed by atoms with E-state index < -0.39 is 6.29 Å². The van der Waals surface area contributed by atoms with Gasteiger partial charge < -0.3 is 0 Å². The van der Waals surface area contributed by atoms with Gasteiger partial charge in [0.05, 0.1) is 0 Å². The zero-order valence-corrected chi connectivity index (χ0v) is 4.41. The molecule has 0 aliphatic heterocycles. The van der Waals surface area contributed by atoms with E-state index >= 15 is 0 Å². The van der Waals surface area contributed by atoms with E-state index in [0.717, 1.165) is 0 Å². The molecule has 0 heterocycles. The summed E-state index contributed by atoms with van der Waals surface area (Å²) in [5, 5.41) is 15.7. The highest BCUT2D eigenvalue weighted by Gasteiger charge is 2.04. The van der Waals surface area contributed by atoms with Crippen LogP contribution in [0, 0.1) is 6.92 Å². The van der Waals surface area contributed by atoms with E-state index in [-0.39, 0.29) is 0 Å². The molecule has 0 amide bonds. The van der Waals surface area contributed by atoms with Crippen molar-refractivity contribution < 1.29 is 20.3 Å². The lowest BCUT2D eigenvalue weighted by atomic mass is 10.3. The average Bonchev–Trinajstić information content (AvgIpc) is 1.83. The Morgan fingerprint density at radius 2 is 1.88 bits per heavy atom. The van der Waals surface area contributed by atoms with E-state index in [4.69, 9.17) is 10.5 Å². The van der Waals surface area contributed by atoms with Gasteiger partial charge in [-0.25, -0.2) is 20.3 Å². The van der Waals surface area contributed by atoms with Crippen LogP contribution in [0.4, 0.5) is 0 Å². The van der Waals surface area contributed by atoms with Gasteiger partial charge in [-0.1, -0.05) is 6.92 Å². The highest BCUT2D eigenvalue weighted by molar-refractivity contribution is 4.42. The van der Waals surface area contributed by atoms with E-state index in [1.165, 1.54) is 0 Å². The second-order valence-corrected chi connectivity index (χ2v) is 1.28. The van der Waals surface area contributed by atoms with Crippen molar-refractivity contribution in [2.45, 2.75) is 19.1 Å². The summed E-state index contributed by atoms with van der Waals surface area (Å²) in [6.07, 6.45) is -0.0498. The molecule has 2 N–H and O–H groups in total. The summed E-state index contributed by atoms with van der Waals surface area (Å²) < 4.78 is 0. The zero-order valence-electron chi connectivity index (χ0n) is 4.41. The zero-order chi connectivity index (χ0) is 6.41. The van der Waals surface area contributed by atoms with Gasteiger partial charge in [-0.05, 0) is 6.42 Å². The second-order valence-electron chi connectivity index (χ2n) is 1.28. The first kappa shape index (κ1) is 7.84. The lowest BCUT2D eigenvalue weighted by Crippen LogP contribution is -2.12. The molecular weight excluding hydrogens is 112 g/mol. The maximum atomic E-state index is 7.84. The summed E-state index contributed by atoms with van der Waals surface area (Å²) >= 11 is 0. The van der Waals surface area contributed by atoms with Gasteiger partial charge in [0, 0.05) is 6.42 Å². The minimum absolute atomic E-state index is 0.368. The molecule has 0 bridgehead atoms. The lowest BCUT2D eigenvalue weighted by Gasteiger charge is -2.05. The molecule has 0 fully saturated rings. The fourth-order valence-corrected chi connectivity index (χ4v) is 0.291. The molecule has 0 spiro atoms. The molecule has 1 radical (unpaired) electrons. The lowest BCUT2D eigenvalue weighted by molar-refractivity contribution is -0.432. The quantitative estimate of drug-likeness (QED) is 0.329. The van der Waals surface area contributed by atoms with Crippen molar-refractivity contribution in [3.05, 3.63) is 6.92 Å². The maximum Gasteiger partial charge on any atom is 0.223 e. The Kier molecular flexibility index (Phi) is 4.89. The van der Waals surface area contributed by atoms with Crippen LogP contribution >= 0.6 is 0 Å². The standard InChI is InChI=1S/C4H9O4/c1-2-3-4(7-5)8-6/h4-6H,1-3H2. The monoisotopic (exact) mass is 121 g/mol. The van der Waals surface area contributed by atoms with Crippen molar-refractivity contribution >= 4 is 0 Å². The summed E-state index contributed by atoms with van der Waals surface area (Å²) in [5.41, 5.74) is 0. The Morgan fingerprint density at radius 3 is 2.00 bits per heavy atom. The molecule has 0 saturated carbocycles. The highest BCUT2D eigenvalue weighted by atomic mass is 17.2. The molecule has 0 aliphatic carbocycles. The minimum Gasteiger partial charge on any atom is -0.249 e. The van der Waals surface area contributed by atoms with Gasteiger partial charge in [-0.3, -0.25) is 0 Å². The number of hydrogen-bond donors (Lipinski definition) is 2. The molecule has 0 aromatic rings. The van der Waals surface area contributed by atoms with Crippen LogP contribution in [0.2, 0.25) is 0 Å². The summed E-state index contributed by atoms with van der Waals surface area (Å²) in [7, 11) is 0. The highest BCUT2D eigenvalue weighted by Crippen LogP contribution is 1.98. The molecule has 49 valence electrons. The van der Waals surface area contributed by atoms with Gasteiger partial charge in [0.2, 0.25) is 6.29 Å². The minimum atomic E-state index is -0.951. The van der Waals surface area contributed by atoms with E-state index in [2.05, 4.69) is 16.7 Å². The van der Waals surface area contributed by atoms with Crippen LogP contribution in [-0.2, 0) is 9.78 Å². The van der Waals surface area contributed by atoms with Gasteiger partial charge in [0.1, 0.15) is 0 Å². The molecular formula is C4H9O4. The second kappa shape index (κ2) is 4.99. The molecule has 8 heavy (non-hydrogen) atoms. The molecule has 0 aromatic heterocycles. The van der Waals surface area contributed by atoms with Crippen LogP contribution in [0.15, 0.2) is 0 Å². The van der Waals surface area contributed by atoms with Crippen LogP contribution in [0.5, 0.6) is 0 Å². The summed E-state index contributed by atoms with van der Waals surface area (Å²) in [6.45, 7) is 3.44. The van der Waals surface area contributed by atoms with Crippen molar-refractivity contribution in [2.24, 2.45) is 0 Å². The molecule has 0 unspecified atom stereocenters. The molecule has 4 heteroatoms. The Hall–Kier alpha value is -0.160. The predicted molar refractivity (Wildman–Crippen MR) is 25.8 cm³/mol. The van der Waals surface area contributed by atoms with Gasteiger partial charge in [-0.15, -0.1) is 0 Å². The summed E-state index contributed by atoms with van der Waals surface area (Å²) in [4.78, 5) is 7.26. The van der Waals surface area contributed by atoms with Crippen LogP contribution in [0.1, 0.15) is 12.8 Å². The van der Waals surface area contributed by atoms with Gasteiger partial charge in [0.15, 0.2) is 0 Å². The average molecular weight is 121 g/mol. The SMILES string of the molecule is [CH2]CCC(OO)OO. The number of rotatable bonds is 4. The van der Waals surface area contributed by atoms with Crippen molar-refractivity contribution in [1.29, 1.82) is 0 Å². The van der Waals surface area contributed by atoms with E-state index in [1.54, 1.807) is 0 Å².